The van der Waals surface area contributed by atoms with Gasteiger partial charge in [0.2, 0.25) is 5.91 Å². The minimum Gasteiger partial charge on any atom is -0.376 e. The zero-order valence-corrected chi connectivity index (χ0v) is 13.1. The van der Waals surface area contributed by atoms with Crippen molar-refractivity contribution < 1.29 is 4.79 Å². The van der Waals surface area contributed by atoms with Crippen molar-refractivity contribution in [1.82, 2.24) is 0 Å². The molecule has 2 N–H and O–H groups in total. The first kappa shape index (κ1) is 15.7. The summed E-state index contributed by atoms with van der Waals surface area (Å²) in [7, 11) is 0. The van der Waals surface area contributed by atoms with E-state index in [1.165, 1.54) is 5.56 Å². The first-order valence-corrected chi connectivity index (χ1v) is 7.42. The summed E-state index contributed by atoms with van der Waals surface area (Å²) in [6.45, 7) is 2.26. The van der Waals surface area contributed by atoms with Crippen molar-refractivity contribution in [2.45, 2.75) is 13.3 Å². The Balaban J connectivity index is 1.96. The van der Waals surface area contributed by atoms with Crippen LogP contribution in [0.5, 0.6) is 0 Å². The molecule has 5 heteroatoms. The summed E-state index contributed by atoms with van der Waals surface area (Å²) in [4.78, 5) is 11.9. The third-order valence-corrected chi connectivity index (χ3v) is 3.42. The van der Waals surface area contributed by atoms with Crippen LogP contribution in [0, 0.1) is 0 Å². The van der Waals surface area contributed by atoms with Gasteiger partial charge in [-0.25, -0.2) is 0 Å². The molecule has 2 aromatic rings. The van der Waals surface area contributed by atoms with Gasteiger partial charge in [-0.1, -0.05) is 48.3 Å². The molecule has 0 radical (unpaired) electrons. The number of amides is 1. The van der Waals surface area contributed by atoms with Crippen LogP contribution in [0.2, 0.25) is 10.0 Å². The predicted octanol–water partition coefficient (Wildman–Crippen LogP) is 4.61. The van der Waals surface area contributed by atoms with Gasteiger partial charge in [0.05, 0.1) is 6.54 Å². The van der Waals surface area contributed by atoms with E-state index < -0.39 is 0 Å². The Kier molecular flexibility index (Phi) is 5.48. The van der Waals surface area contributed by atoms with E-state index in [1.54, 1.807) is 18.2 Å². The second-order valence-electron chi connectivity index (χ2n) is 4.57. The summed E-state index contributed by atoms with van der Waals surface area (Å²) in [5.41, 5.74) is 2.73. The Labute approximate surface area is 134 Å². The van der Waals surface area contributed by atoms with Gasteiger partial charge in [-0.2, -0.15) is 0 Å². The van der Waals surface area contributed by atoms with E-state index in [-0.39, 0.29) is 12.5 Å². The average molecular weight is 323 g/mol. The van der Waals surface area contributed by atoms with Crippen LogP contribution < -0.4 is 10.6 Å². The van der Waals surface area contributed by atoms with Crippen molar-refractivity contribution in [1.29, 1.82) is 0 Å². The van der Waals surface area contributed by atoms with Crippen LogP contribution in [0.3, 0.4) is 0 Å². The number of nitrogens with one attached hydrogen (secondary N) is 2. The van der Waals surface area contributed by atoms with Gasteiger partial charge in [-0.3, -0.25) is 4.79 Å². The lowest BCUT2D eigenvalue weighted by molar-refractivity contribution is -0.114. The molecule has 21 heavy (non-hydrogen) atoms. The maximum Gasteiger partial charge on any atom is 0.243 e. The Morgan fingerprint density at radius 1 is 1.10 bits per heavy atom. The molecular formula is C16H16Cl2N2O. The van der Waals surface area contributed by atoms with E-state index in [0.29, 0.717) is 15.7 Å². The van der Waals surface area contributed by atoms with E-state index in [4.69, 9.17) is 23.2 Å². The van der Waals surface area contributed by atoms with Crippen LogP contribution in [-0.4, -0.2) is 12.5 Å². The molecule has 0 aliphatic carbocycles. The largest absolute Gasteiger partial charge is 0.376 e. The van der Waals surface area contributed by atoms with Crippen molar-refractivity contribution in [2.75, 3.05) is 17.2 Å². The van der Waals surface area contributed by atoms with Crippen LogP contribution in [0.25, 0.3) is 0 Å². The molecule has 0 aromatic heterocycles. The second-order valence-corrected chi connectivity index (χ2v) is 5.44. The van der Waals surface area contributed by atoms with Gasteiger partial charge in [0.15, 0.2) is 0 Å². The monoisotopic (exact) mass is 322 g/mol. The number of carbonyl (C=O) groups is 1. The number of anilines is 2. The van der Waals surface area contributed by atoms with E-state index in [1.807, 2.05) is 24.3 Å². The molecule has 0 aliphatic rings. The Morgan fingerprint density at radius 2 is 1.76 bits per heavy atom. The molecule has 110 valence electrons. The van der Waals surface area contributed by atoms with E-state index in [0.717, 1.165) is 12.1 Å². The molecular weight excluding hydrogens is 307 g/mol. The molecule has 0 atom stereocenters. The molecule has 0 bridgehead atoms. The highest BCUT2D eigenvalue weighted by Crippen LogP contribution is 2.22. The van der Waals surface area contributed by atoms with Crippen LogP contribution in [-0.2, 0) is 11.2 Å². The highest BCUT2D eigenvalue weighted by atomic mass is 35.5. The topological polar surface area (TPSA) is 41.1 Å². The molecule has 0 heterocycles. The fraction of sp³-hybridized carbons (Fsp3) is 0.188. The molecule has 1 amide bonds. The summed E-state index contributed by atoms with van der Waals surface area (Å²) < 4.78 is 0. The lowest BCUT2D eigenvalue weighted by Gasteiger charge is -2.11. The number of halogens is 2. The molecule has 0 fully saturated rings. The summed E-state index contributed by atoms with van der Waals surface area (Å²) in [6, 6.07) is 12.9. The minimum absolute atomic E-state index is 0.153. The van der Waals surface area contributed by atoms with Crippen LogP contribution in [0.1, 0.15) is 12.5 Å². The van der Waals surface area contributed by atoms with Crippen molar-refractivity contribution in [3.8, 4) is 0 Å². The SMILES string of the molecule is CCc1ccccc1NCC(=O)Nc1cc(Cl)cc(Cl)c1. The zero-order chi connectivity index (χ0) is 15.2. The smallest absolute Gasteiger partial charge is 0.243 e. The molecule has 2 aromatic carbocycles. The molecule has 2 rings (SSSR count). The van der Waals surface area contributed by atoms with Gasteiger partial charge < -0.3 is 10.6 Å². The predicted molar refractivity (Wildman–Crippen MR) is 89.4 cm³/mol. The van der Waals surface area contributed by atoms with E-state index >= 15 is 0 Å². The fourth-order valence-corrected chi connectivity index (χ4v) is 2.53. The normalized spacial score (nSPS) is 10.2. The quantitative estimate of drug-likeness (QED) is 0.844. The van der Waals surface area contributed by atoms with Gasteiger partial charge in [0.25, 0.3) is 0 Å². The lowest BCUT2D eigenvalue weighted by atomic mass is 10.1. The first-order valence-electron chi connectivity index (χ1n) is 6.66. The highest BCUT2D eigenvalue weighted by Gasteiger charge is 2.05. The average Bonchev–Trinajstić information content (AvgIpc) is 2.44. The molecule has 0 unspecified atom stereocenters. The Morgan fingerprint density at radius 3 is 2.43 bits per heavy atom. The lowest BCUT2D eigenvalue weighted by Crippen LogP contribution is -2.22. The van der Waals surface area contributed by atoms with E-state index in [9.17, 15) is 4.79 Å². The summed E-state index contributed by atoms with van der Waals surface area (Å²) in [5.74, 6) is -0.153. The number of benzene rings is 2. The number of hydrogen-bond acceptors (Lipinski definition) is 2. The number of para-hydroxylation sites is 1. The second kappa shape index (κ2) is 7.34. The van der Waals surface area contributed by atoms with E-state index in [2.05, 4.69) is 17.6 Å². The van der Waals surface area contributed by atoms with Crippen LogP contribution in [0.15, 0.2) is 42.5 Å². The maximum absolute atomic E-state index is 11.9. The highest BCUT2D eigenvalue weighted by molar-refractivity contribution is 6.35. The number of hydrogen-bond donors (Lipinski definition) is 2. The number of aryl methyl sites for hydroxylation is 1. The van der Waals surface area contributed by atoms with Gasteiger partial charge in [0.1, 0.15) is 0 Å². The van der Waals surface area contributed by atoms with Gasteiger partial charge in [-0.15, -0.1) is 0 Å². The van der Waals surface area contributed by atoms with Crippen molar-refractivity contribution in [2.24, 2.45) is 0 Å². The molecule has 0 saturated heterocycles. The Hall–Kier alpha value is -1.71. The maximum atomic E-state index is 11.9. The third kappa shape index (κ3) is 4.66. The third-order valence-electron chi connectivity index (χ3n) is 2.98. The standard InChI is InChI=1S/C16H16Cl2N2O/c1-2-11-5-3-4-6-15(11)19-10-16(21)20-14-8-12(17)7-13(18)9-14/h3-9,19H,2,10H2,1H3,(H,20,21). The zero-order valence-electron chi connectivity index (χ0n) is 11.6. The molecule has 0 saturated carbocycles. The van der Waals surface area contributed by atoms with Crippen LogP contribution in [0.4, 0.5) is 11.4 Å². The number of rotatable bonds is 5. The van der Waals surface area contributed by atoms with Crippen molar-refractivity contribution >= 4 is 40.5 Å². The Bertz CT molecular complexity index is 624. The van der Waals surface area contributed by atoms with Crippen LogP contribution >= 0.6 is 23.2 Å². The summed E-state index contributed by atoms with van der Waals surface area (Å²) in [5, 5.41) is 6.87. The summed E-state index contributed by atoms with van der Waals surface area (Å²) in [6.07, 6.45) is 0.911. The van der Waals surface area contributed by atoms with Crippen molar-refractivity contribution in [3.63, 3.8) is 0 Å². The number of carbonyl (C=O) groups excluding carboxylic acids is 1. The van der Waals surface area contributed by atoms with Gasteiger partial charge in [0, 0.05) is 21.4 Å². The fourth-order valence-electron chi connectivity index (χ4n) is 2.01. The summed E-state index contributed by atoms with van der Waals surface area (Å²) >= 11 is 11.8. The van der Waals surface area contributed by atoms with Gasteiger partial charge >= 0.3 is 0 Å². The molecule has 0 aliphatic heterocycles. The molecule has 0 spiro atoms. The molecule has 3 nitrogen and oxygen atoms in total. The minimum atomic E-state index is -0.153. The van der Waals surface area contributed by atoms with Crippen molar-refractivity contribution in [3.05, 3.63) is 58.1 Å². The van der Waals surface area contributed by atoms with Gasteiger partial charge in [-0.05, 0) is 36.2 Å². The first-order chi connectivity index (χ1) is 10.1.